The molecule has 0 radical (unpaired) electrons. The van der Waals surface area contributed by atoms with E-state index >= 15 is 0 Å². The summed E-state index contributed by atoms with van der Waals surface area (Å²) in [5, 5.41) is 46.2. The molecule has 0 spiro atoms. The van der Waals surface area contributed by atoms with Gasteiger partial charge in [-0.25, -0.2) is 4.79 Å². The first-order chi connectivity index (χ1) is 24.0. The molecule has 0 amide bonds. The molecule has 6 rings (SSSR count). The highest BCUT2D eigenvalue weighted by molar-refractivity contribution is 5.85. The van der Waals surface area contributed by atoms with Crippen molar-refractivity contribution in [2.45, 2.75) is 191 Å². The van der Waals surface area contributed by atoms with Crippen LogP contribution in [0.1, 0.15) is 149 Å². The second-order valence-electron chi connectivity index (χ2n) is 17.4. The Bertz CT molecular complexity index is 1210. The van der Waals surface area contributed by atoms with E-state index in [4.69, 9.17) is 19.2 Å². The first-order valence-corrected chi connectivity index (χ1v) is 20.5. The zero-order valence-electron chi connectivity index (χ0n) is 31.2. The number of carbonyl (C=O) groups is 1. The van der Waals surface area contributed by atoms with E-state index in [0.717, 1.165) is 50.6 Å². The molecular formula is C41H67NO8. The van der Waals surface area contributed by atoms with E-state index in [2.05, 4.69) is 20.1 Å². The summed E-state index contributed by atoms with van der Waals surface area (Å²) in [7, 11) is 0. The lowest BCUT2D eigenvalue weighted by atomic mass is 9.41. The van der Waals surface area contributed by atoms with Crippen LogP contribution >= 0.6 is 0 Å². The van der Waals surface area contributed by atoms with Gasteiger partial charge < -0.3 is 34.6 Å². The molecule has 0 aromatic rings. The number of hydrogen-bond donors (Lipinski definition) is 4. The summed E-state index contributed by atoms with van der Waals surface area (Å²) < 4.78 is 17.7. The third-order valence-corrected chi connectivity index (χ3v) is 14.6. The maximum Gasteiger partial charge on any atom is 0.331 e. The summed E-state index contributed by atoms with van der Waals surface area (Å²) in [6.07, 6.45) is 20.0. The number of cyclic esters (lactones) is 1. The highest BCUT2D eigenvalue weighted by Crippen LogP contribution is 2.70. The van der Waals surface area contributed by atoms with Gasteiger partial charge in [-0.05, 0) is 88.0 Å². The van der Waals surface area contributed by atoms with Crippen molar-refractivity contribution >= 4 is 12.2 Å². The van der Waals surface area contributed by atoms with Crippen LogP contribution in [0.2, 0.25) is 0 Å². The lowest BCUT2D eigenvalue weighted by molar-refractivity contribution is -0.282. The SMILES string of the molecule is CCCCCCCCCCCCN=C[C@]12CC[C@H](O[C@@H]3C[C@H](O)[C@@H](O)[C@H](C)O3)C[C@@]1(O)CC[C@@H]1[C@@H]2CC[C@]2(C)[C@@H](C3=CC(=O)OC3)CC[C@]12O. The minimum atomic E-state index is -1.03. The zero-order valence-corrected chi connectivity index (χ0v) is 31.2. The second-order valence-corrected chi connectivity index (χ2v) is 17.4. The van der Waals surface area contributed by atoms with Gasteiger partial charge in [0.25, 0.3) is 0 Å². The Morgan fingerprint density at radius 1 is 0.920 bits per heavy atom. The van der Waals surface area contributed by atoms with Gasteiger partial charge in [-0.3, -0.25) is 4.99 Å². The number of carbonyl (C=O) groups excluding carboxylic acids is 1. The van der Waals surface area contributed by atoms with E-state index in [1.807, 2.05) is 0 Å². The third kappa shape index (κ3) is 7.26. The average molecular weight is 702 g/mol. The first kappa shape index (κ1) is 38.4. The summed E-state index contributed by atoms with van der Waals surface area (Å²) in [4.78, 5) is 17.1. The van der Waals surface area contributed by atoms with Crippen LogP contribution in [0.3, 0.4) is 0 Å². The molecule has 12 atom stereocenters. The van der Waals surface area contributed by atoms with Gasteiger partial charge in [0, 0.05) is 42.5 Å². The Labute approximate surface area is 300 Å². The minimum Gasteiger partial charge on any atom is -0.458 e. The van der Waals surface area contributed by atoms with E-state index in [1.54, 1.807) is 13.0 Å². The van der Waals surface area contributed by atoms with Crippen molar-refractivity contribution in [1.82, 2.24) is 0 Å². The minimum absolute atomic E-state index is 0.0329. The highest BCUT2D eigenvalue weighted by atomic mass is 16.7. The molecule has 4 N–H and O–H groups in total. The molecule has 6 aliphatic rings. The van der Waals surface area contributed by atoms with Gasteiger partial charge in [0.05, 0.1) is 29.5 Å². The van der Waals surface area contributed by atoms with Gasteiger partial charge in [0.1, 0.15) is 12.7 Å². The largest absolute Gasteiger partial charge is 0.458 e. The molecule has 0 aromatic heterocycles. The van der Waals surface area contributed by atoms with Crippen molar-refractivity contribution in [3.8, 4) is 0 Å². The van der Waals surface area contributed by atoms with Crippen LogP contribution in [0.15, 0.2) is 16.6 Å². The average Bonchev–Trinajstić information content (AvgIpc) is 3.63. The molecule has 4 aliphatic carbocycles. The summed E-state index contributed by atoms with van der Waals surface area (Å²) in [6.45, 7) is 7.33. The summed E-state index contributed by atoms with van der Waals surface area (Å²) in [5.41, 5.74) is -1.80. The van der Waals surface area contributed by atoms with Crippen molar-refractivity contribution in [3.05, 3.63) is 11.6 Å². The summed E-state index contributed by atoms with van der Waals surface area (Å²) in [5.74, 6) is -0.0252. The fourth-order valence-corrected chi connectivity index (χ4v) is 11.7. The van der Waals surface area contributed by atoms with Crippen LogP contribution in [0.4, 0.5) is 0 Å². The predicted molar refractivity (Wildman–Crippen MR) is 193 cm³/mol. The molecule has 0 aromatic carbocycles. The van der Waals surface area contributed by atoms with Crippen LogP contribution in [-0.2, 0) is 19.0 Å². The van der Waals surface area contributed by atoms with Gasteiger partial charge in [-0.15, -0.1) is 0 Å². The van der Waals surface area contributed by atoms with Crippen LogP contribution in [0.25, 0.3) is 0 Å². The molecule has 2 aliphatic heterocycles. The summed E-state index contributed by atoms with van der Waals surface area (Å²) >= 11 is 0. The number of rotatable bonds is 15. The zero-order chi connectivity index (χ0) is 35.6. The van der Waals surface area contributed by atoms with Crippen molar-refractivity contribution < 1.29 is 39.4 Å². The first-order valence-electron chi connectivity index (χ1n) is 20.5. The fraction of sp³-hybridized carbons (Fsp3) is 0.902. The van der Waals surface area contributed by atoms with E-state index < -0.39 is 41.2 Å². The van der Waals surface area contributed by atoms with Crippen LogP contribution in [0, 0.1) is 28.6 Å². The van der Waals surface area contributed by atoms with Gasteiger partial charge >= 0.3 is 5.97 Å². The standard InChI is InChI=1S/C41H67NO8/c1-4-5-6-7-8-9-10-11-12-13-22-42-27-39-19-14-30(50-36-24-34(43)37(45)28(2)49-36)25-40(39,46)20-16-33-32(39)15-18-38(3)31(17-21-41(33,38)47)29-23-35(44)48-26-29/h23,27-28,30-34,36-37,43,45-47H,4-22,24-26H2,1-3H3/t28-,30-,31+,32-,33+,34-,36+,37-,38+,39-,40-,41-/m0/s1. The van der Waals surface area contributed by atoms with Crippen molar-refractivity contribution in [1.29, 1.82) is 0 Å². The number of aliphatic hydroxyl groups is 4. The van der Waals surface area contributed by atoms with E-state index in [0.29, 0.717) is 32.3 Å². The maximum absolute atomic E-state index is 12.8. The fourth-order valence-electron chi connectivity index (χ4n) is 11.7. The third-order valence-electron chi connectivity index (χ3n) is 14.6. The second kappa shape index (κ2) is 15.9. The molecule has 9 heteroatoms. The van der Waals surface area contributed by atoms with Crippen molar-refractivity contribution in [2.75, 3.05) is 13.2 Å². The van der Waals surface area contributed by atoms with Crippen LogP contribution in [-0.4, -0.2) is 87.7 Å². The number of aliphatic hydroxyl groups excluding tert-OH is 2. The van der Waals surface area contributed by atoms with Gasteiger partial charge in [0.2, 0.25) is 0 Å². The number of unbranched alkanes of at least 4 members (excludes halogenated alkanes) is 9. The monoisotopic (exact) mass is 701 g/mol. The molecule has 1 saturated heterocycles. The molecule has 4 saturated carbocycles. The number of ether oxygens (including phenoxy) is 3. The number of hydrogen-bond acceptors (Lipinski definition) is 9. The molecule has 5 fully saturated rings. The molecule has 0 unspecified atom stereocenters. The molecular weight excluding hydrogens is 634 g/mol. The number of nitrogens with zero attached hydrogens (tertiary/aromatic N) is 1. The predicted octanol–water partition coefficient (Wildman–Crippen LogP) is 6.57. The number of esters is 1. The molecule has 0 bridgehead atoms. The molecule has 2 heterocycles. The Morgan fingerprint density at radius 2 is 1.62 bits per heavy atom. The lowest BCUT2D eigenvalue weighted by Gasteiger charge is -2.66. The van der Waals surface area contributed by atoms with Crippen LogP contribution < -0.4 is 0 Å². The number of aliphatic imine (C=N–C) groups is 1. The Kier molecular flexibility index (Phi) is 12.2. The van der Waals surface area contributed by atoms with Crippen molar-refractivity contribution in [2.24, 2.45) is 33.6 Å². The van der Waals surface area contributed by atoms with Gasteiger partial charge in [0.15, 0.2) is 6.29 Å². The highest BCUT2D eigenvalue weighted by Gasteiger charge is 2.71. The molecule has 9 nitrogen and oxygen atoms in total. The normalized spacial score (nSPS) is 44.5. The van der Waals surface area contributed by atoms with Gasteiger partial charge in [-0.1, -0.05) is 71.6 Å². The number of fused-ring (bicyclic) bond motifs is 5. The van der Waals surface area contributed by atoms with Crippen molar-refractivity contribution in [3.63, 3.8) is 0 Å². The summed E-state index contributed by atoms with van der Waals surface area (Å²) in [6, 6.07) is 0. The maximum atomic E-state index is 12.8. The molecule has 284 valence electrons. The Balaban J connectivity index is 1.15. The topological polar surface area (TPSA) is 138 Å². The molecule has 50 heavy (non-hydrogen) atoms. The van der Waals surface area contributed by atoms with Gasteiger partial charge in [-0.2, -0.15) is 0 Å². The quantitative estimate of drug-likeness (QED) is 0.0651. The smallest absolute Gasteiger partial charge is 0.331 e. The van der Waals surface area contributed by atoms with E-state index in [1.165, 1.54) is 57.8 Å². The van der Waals surface area contributed by atoms with Crippen LogP contribution in [0.5, 0.6) is 0 Å². The Hall–Kier alpha value is -1.36. The lowest BCUT2D eigenvalue weighted by Crippen LogP contribution is -2.69. The van der Waals surface area contributed by atoms with E-state index in [9.17, 15) is 25.2 Å². The van der Waals surface area contributed by atoms with E-state index in [-0.39, 0.29) is 41.7 Å². The Morgan fingerprint density at radius 3 is 2.30 bits per heavy atom.